The average molecular weight is 220 g/mol. The van der Waals surface area contributed by atoms with Gasteiger partial charge in [0.1, 0.15) is 5.60 Å². The second kappa shape index (κ2) is 4.13. The Morgan fingerprint density at radius 3 is 2.75 bits per heavy atom. The summed E-state index contributed by atoms with van der Waals surface area (Å²) in [5.74, 6) is 7.53. The molecule has 0 bridgehead atoms. The van der Waals surface area contributed by atoms with Gasteiger partial charge in [-0.25, -0.2) is 4.79 Å². The van der Waals surface area contributed by atoms with Crippen molar-refractivity contribution in [2.45, 2.75) is 52.1 Å². The second-order valence-electron chi connectivity index (χ2n) is 5.97. The van der Waals surface area contributed by atoms with E-state index in [9.17, 15) is 4.79 Å². The van der Waals surface area contributed by atoms with Crippen molar-refractivity contribution < 1.29 is 9.53 Å². The molecule has 2 aliphatic carbocycles. The van der Waals surface area contributed by atoms with Gasteiger partial charge in [0, 0.05) is 11.8 Å². The van der Waals surface area contributed by atoms with Gasteiger partial charge in [0.25, 0.3) is 0 Å². The molecule has 2 saturated carbocycles. The molecular weight excluding hydrogens is 200 g/mol. The fraction of sp³-hybridized carbons (Fsp3) is 0.786. The summed E-state index contributed by atoms with van der Waals surface area (Å²) in [6.07, 6.45) is 5.13. The standard InChI is InChI=1S/C14H20O2/c1-14(2,3)16-13(15)8-7-10-5-4-6-11-9-12(10)11/h10-12H,4-6,9H2,1-3H3. The van der Waals surface area contributed by atoms with Crippen LogP contribution in [-0.4, -0.2) is 11.6 Å². The first kappa shape index (κ1) is 11.5. The predicted octanol–water partition coefficient (Wildman–Crippen LogP) is 2.77. The van der Waals surface area contributed by atoms with Crippen LogP contribution in [-0.2, 0) is 9.53 Å². The number of hydrogen-bond donors (Lipinski definition) is 0. The third-order valence-electron chi connectivity index (χ3n) is 3.34. The molecule has 2 nitrogen and oxygen atoms in total. The summed E-state index contributed by atoms with van der Waals surface area (Å²) in [6, 6.07) is 0. The first-order chi connectivity index (χ1) is 7.46. The molecule has 2 aliphatic rings. The van der Waals surface area contributed by atoms with Gasteiger partial charge >= 0.3 is 5.97 Å². The number of hydrogen-bond acceptors (Lipinski definition) is 2. The van der Waals surface area contributed by atoms with Crippen LogP contribution in [0.2, 0.25) is 0 Å². The topological polar surface area (TPSA) is 26.3 Å². The fourth-order valence-electron chi connectivity index (χ4n) is 2.54. The van der Waals surface area contributed by atoms with Crippen molar-refractivity contribution in [2.24, 2.45) is 17.8 Å². The van der Waals surface area contributed by atoms with Crippen molar-refractivity contribution >= 4 is 5.97 Å². The SMILES string of the molecule is CC(C)(C)OC(=O)C#CC1CCCC2CC12. The summed E-state index contributed by atoms with van der Waals surface area (Å²) in [5, 5.41) is 0. The molecule has 0 N–H and O–H groups in total. The Bertz CT molecular complexity index is 340. The molecular formula is C14H20O2. The summed E-state index contributed by atoms with van der Waals surface area (Å²) >= 11 is 0. The van der Waals surface area contributed by atoms with Crippen LogP contribution in [0.3, 0.4) is 0 Å². The minimum Gasteiger partial charge on any atom is -0.450 e. The van der Waals surface area contributed by atoms with Crippen molar-refractivity contribution in [3.8, 4) is 11.8 Å². The van der Waals surface area contributed by atoms with Gasteiger partial charge < -0.3 is 4.74 Å². The lowest BCUT2D eigenvalue weighted by atomic mass is 9.90. The van der Waals surface area contributed by atoms with Crippen LogP contribution < -0.4 is 0 Å². The molecule has 0 radical (unpaired) electrons. The minimum absolute atomic E-state index is 0.379. The quantitative estimate of drug-likeness (QED) is 0.356. The molecule has 0 aromatic heterocycles. The Kier molecular flexibility index (Phi) is 2.97. The number of fused-ring (bicyclic) bond motifs is 1. The smallest absolute Gasteiger partial charge is 0.384 e. The van der Waals surface area contributed by atoms with E-state index < -0.39 is 5.60 Å². The average Bonchev–Trinajstić information content (AvgIpc) is 2.90. The third-order valence-corrected chi connectivity index (χ3v) is 3.34. The Morgan fingerprint density at radius 1 is 1.31 bits per heavy atom. The van der Waals surface area contributed by atoms with Crippen LogP contribution in [0.4, 0.5) is 0 Å². The number of rotatable bonds is 0. The monoisotopic (exact) mass is 220 g/mol. The third kappa shape index (κ3) is 3.01. The highest BCUT2D eigenvalue weighted by Gasteiger charge is 2.44. The van der Waals surface area contributed by atoms with Crippen LogP contribution in [0, 0.1) is 29.6 Å². The van der Waals surface area contributed by atoms with E-state index >= 15 is 0 Å². The minimum atomic E-state index is -0.430. The molecule has 88 valence electrons. The lowest BCUT2D eigenvalue weighted by Crippen LogP contribution is -2.23. The van der Waals surface area contributed by atoms with E-state index in [-0.39, 0.29) is 5.97 Å². The highest BCUT2D eigenvalue weighted by Crippen LogP contribution is 2.52. The van der Waals surface area contributed by atoms with Gasteiger partial charge in [-0.15, -0.1) is 0 Å². The molecule has 2 heteroatoms. The summed E-state index contributed by atoms with van der Waals surface area (Å²) < 4.78 is 5.17. The number of esters is 1. The highest BCUT2D eigenvalue weighted by molar-refractivity contribution is 5.88. The van der Waals surface area contributed by atoms with Gasteiger partial charge in [0.05, 0.1) is 0 Å². The summed E-state index contributed by atoms with van der Waals surface area (Å²) in [5.41, 5.74) is -0.430. The number of ether oxygens (including phenoxy) is 1. The zero-order valence-electron chi connectivity index (χ0n) is 10.4. The number of carbonyl (C=O) groups excluding carboxylic acids is 1. The first-order valence-corrected chi connectivity index (χ1v) is 6.20. The van der Waals surface area contributed by atoms with E-state index in [2.05, 4.69) is 11.8 Å². The van der Waals surface area contributed by atoms with Gasteiger partial charge in [-0.05, 0) is 45.4 Å². The van der Waals surface area contributed by atoms with Gasteiger partial charge in [-0.2, -0.15) is 0 Å². The molecule has 3 atom stereocenters. The normalized spacial score (nSPS) is 32.1. The van der Waals surface area contributed by atoms with Crippen LogP contribution in [0.1, 0.15) is 46.5 Å². The van der Waals surface area contributed by atoms with E-state index in [0.717, 1.165) is 18.3 Å². The molecule has 0 heterocycles. The predicted molar refractivity (Wildman–Crippen MR) is 62.6 cm³/mol. The van der Waals surface area contributed by atoms with Crippen molar-refractivity contribution in [1.29, 1.82) is 0 Å². The van der Waals surface area contributed by atoms with Crippen LogP contribution in [0.25, 0.3) is 0 Å². The molecule has 0 spiro atoms. The molecule has 0 aliphatic heterocycles. The summed E-state index contributed by atoms with van der Waals surface area (Å²) in [6.45, 7) is 5.60. The highest BCUT2D eigenvalue weighted by atomic mass is 16.6. The maximum atomic E-state index is 11.4. The zero-order valence-corrected chi connectivity index (χ0v) is 10.4. The molecule has 0 amide bonds. The Balaban J connectivity index is 1.87. The molecule has 3 unspecified atom stereocenters. The van der Waals surface area contributed by atoms with Crippen molar-refractivity contribution in [1.82, 2.24) is 0 Å². The largest absolute Gasteiger partial charge is 0.450 e. The van der Waals surface area contributed by atoms with Gasteiger partial charge in [0.15, 0.2) is 0 Å². The van der Waals surface area contributed by atoms with Crippen LogP contribution in [0.15, 0.2) is 0 Å². The Morgan fingerprint density at radius 2 is 2.06 bits per heavy atom. The lowest BCUT2D eigenvalue weighted by Gasteiger charge is -2.17. The summed E-state index contributed by atoms with van der Waals surface area (Å²) in [4.78, 5) is 11.4. The van der Waals surface area contributed by atoms with Gasteiger partial charge in [0.2, 0.25) is 0 Å². The molecule has 2 rings (SSSR count). The fourth-order valence-corrected chi connectivity index (χ4v) is 2.54. The van der Waals surface area contributed by atoms with Crippen molar-refractivity contribution in [2.75, 3.05) is 0 Å². The van der Waals surface area contributed by atoms with Crippen molar-refractivity contribution in [3.63, 3.8) is 0 Å². The maximum absolute atomic E-state index is 11.4. The number of carbonyl (C=O) groups is 1. The zero-order chi connectivity index (χ0) is 11.8. The first-order valence-electron chi connectivity index (χ1n) is 6.20. The van der Waals surface area contributed by atoms with E-state index in [1.807, 2.05) is 20.8 Å². The maximum Gasteiger partial charge on any atom is 0.384 e. The van der Waals surface area contributed by atoms with E-state index in [4.69, 9.17) is 4.74 Å². The molecule has 0 aromatic rings. The van der Waals surface area contributed by atoms with Crippen molar-refractivity contribution in [3.05, 3.63) is 0 Å². The van der Waals surface area contributed by atoms with Gasteiger partial charge in [-0.1, -0.05) is 18.8 Å². The summed E-state index contributed by atoms with van der Waals surface area (Å²) in [7, 11) is 0. The Labute approximate surface area is 97.7 Å². The molecule has 0 aromatic carbocycles. The van der Waals surface area contributed by atoms with Crippen LogP contribution in [0.5, 0.6) is 0 Å². The van der Waals surface area contributed by atoms with Crippen LogP contribution >= 0.6 is 0 Å². The second-order valence-corrected chi connectivity index (χ2v) is 5.97. The lowest BCUT2D eigenvalue weighted by molar-refractivity contribution is -0.147. The molecule has 0 saturated heterocycles. The van der Waals surface area contributed by atoms with E-state index in [0.29, 0.717) is 5.92 Å². The van der Waals surface area contributed by atoms with E-state index in [1.165, 1.54) is 19.3 Å². The van der Waals surface area contributed by atoms with Gasteiger partial charge in [-0.3, -0.25) is 0 Å². The molecule has 16 heavy (non-hydrogen) atoms. The van der Waals surface area contributed by atoms with E-state index in [1.54, 1.807) is 0 Å². The molecule has 2 fully saturated rings. The Hall–Kier alpha value is -0.970.